The highest BCUT2D eigenvalue weighted by atomic mass is 16.6. The molecular formula is C30H39NO4. The zero-order chi connectivity index (χ0) is 25.2. The van der Waals surface area contributed by atoms with Crippen LogP contribution in [0.25, 0.3) is 0 Å². The molecule has 5 heteroatoms. The highest BCUT2D eigenvalue weighted by Crippen LogP contribution is 2.44. The van der Waals surface area contributed by atoms with E-state index in [2.05, 4.69) is 45.0 Å². The Kier molecular flexibility index (Phi) is 7.53. The highest BCUT2D eigenvalue weighted by Gasteiger charge is 2.50. The van der Waals surface area contributed by atoms with Crippen molar-refractivity contribution < 1.29 is 19.1 Å². The molecule has 188 valence electrons. The van der Waals surface area contributed by atoms with E-state index in [9.17, 15) is 9.59 Å². The molecular weight excluding hydrogens is 438 g/mol. The first-order valence-corrected chi connectivity index (χ1v) is 13.0. The van der Waals surface area contributed by atoms with Gasteiger partial charge in [-0.1, -0.05) is 102 Å². The van der Waals surface area contributed by atoms with Gasteiger partial charge in [-0.15, -0.1) is 0 Å². The Bertz CT molecular complexity index is 1000. The number of esters is 1. The van der Waals surface area contributed by atoms with E-state index in [0.717, 1.165) is 24.8 Å². The lowest BCUT2D eigenvalue weighted by atomic mass is 9.64. The summed E-state index contributed by atoms with van der Waals surface area (Å²) >= 11 is 0. The number of cyclic esters (lactones) is 1. The molecule has 5 nitrogen and oxygen atoms in total. The van der Waals surface area contributed by atoms with Crippen molar-refractivity contribution in [3.63, 3.8) is 0 Å². The van der Waals surface area contributed by atoms with Crippen LogP contribution in [0.5, 0.6) is 0 Å². The molecule has 2 aromatic carbocycles. The van der Waals surface area contributed by atoms with E-state index < -0.39 is 18.2 Å². The molecule has 1 saturated carbocycles. The number of carbonyl (C=O) groups excluding carboxylic acids is 2. The second-order valence-electron chi connectivity index (χ2n) is 11.2. The van der Waals surface area contributed by atoms with E-state index in [-0.39, 0.29) is 29.3 Å². The average molecular weight is 478 g/mol. The van der Waals surface area contributed by atoms with Crippen molar-refractivity contribution in [2.75, 3.05) is 0 Å². The standard InChI is InChI=1S/C30H39NO4/c1-20(2)27-26(31(29(33)35-27)19-22-12-8-6-9-13-22)28(32)34-25-18-21(3)16-17-24(25)30(4,5)23-14-10-7-11-15-23/h6-15,20-21,24-27H,16-19H2,1-5H3. The van der Waals surface area contributed by atoms with Gasteiger partial charge in [0.05, 0.1) is 6.54 Å². The van der Waals surface area contributed by atoms with E-state index in [1.54, 1.807) is 4.90 Å². The Morgan fingerprint density at radius 3 is 2.31 bits per heavy atom. The van der Waals surface area contributed by atoms with Gasteiger partial charge in [-0.3, -0.25) is 4.90 Å². The van der Waals surface area contributed by atoms with Crippen molar-refractivity contribution in [2.24, 2.45) is 17.8 Å². The number of ether oxygens (including phenoxy) is 2. The number of rotatable bonds is 7. The van der Waals surface area contributed by atoms with Crippen molar-refractivity contribution in [1.29, 1.82) is 0 Å². The number of benzene rings is 2. The van der Waals surface area contributed by atoms with Gasteiger partial charge in [-0.05, 0) is 41.2 Å². The summed E-state index contributed by atoms with van der Waals surface area (Å²) in [5.74, 6) is 0.332. The van der Waals surface area contributed by atoms with Gasteiger partial charge in [0.25, 0.3) is 0 Å². The zero-order valence-electron chi connectivity index (χ0n) is 21.6. The van der Waals surface area contributed by atoms with Crippen LogP contribution in [0.1, 0.15) is 65.0 Å². The van der Waals surface area contributed by atoms with Crippen LogP contribution in [0.2, 0.25) is 0 Å². The summed E-state index contributed by atoms with van der Waals surface area (Å²) in [5, 5.41) is 0. The minimum absolute atomic E-state index is 0.000825. The zero-order valence-corrected chi connectivity index (χ0v) is 21.6. The van der Waals surface area contributed by atoms with Gasteiger partial charge in [0.15, 0.2) is 6.04 Å². The van der Waals surface area contributed by atoms with Crippen LogP contribution in [0.15, 0.2) is 60.7 Å². The lowest BCUT2D eigenvalue weighted by Gasteiger charge is -2.44. The van der Waals surface area contributed by atoms with Gasteiger partial charge in [-0.2, -0.15) is 0 Å². The maximum Gasteiger partial charge on any atom is 0.411 e. The van der Waals surface area contributed by atoms with Crippen LogP contribution in [0.4, 0.5) is 4.79 Å². The number of nitrogens with zero attached hydrogens (tertiary/aromatic N) is 1. The van der Waals surface area contributed by atoms with Crippen molar-refractivity contribution in [1.82, 2.24) is 4.90 Å². The predicted molar refractivity (Wildman–Crippen MR) is 137 cm³/mol. The average Bonchev–Trinajstić information content (AvgIpc) is 3.16. The normalized spacial score (nSPS) is 27.1. The van der Waals surface area contributed by atoms with Crippen molar-refractivity contribution >= 4 is 12.1 Å². The maximum absolute atomic E-state index is 13.8. The highest BCUT2D eigenvalue weighted by molar-refractivity contribution is 5.85. The fraction of sp³-hybridized carbons (Fsp3) is 0.533. The molecule has 1 aliphatic heterocycles. The van der Waals surface area contributed by atoms with Gasteiger partial charge in [0.1, 0.15) is 12.2 Å². The number of hydrogen-bond donors (Lipinski definition) is 0. The lowest BCUT2D eigenvalue weighted by Crippen LogP contribution is -2.49. The predicted octanol–water partition coefficient (Wildman–Crippen LogP) is 6.36. The molecule has 1 aliphatic carbocycles. The topological polar surface area (TPSA) is 55.8 Å². The van der Waals surface area contributed by atoms with Crippen LogP contribution in [0.3, 0.4) is 0 Å². The minimum Gasteiger partial charge on any atom is -0.460 e. The summed E-state index contributed by atoms with van der Waals surface area (Å²) in [5.41, 5.74) is 2.07. The number of hydrogen-bond acceptors (Lipinski definition) is 4. The van der Waals surface area contributed by atoms with Crippen molar-refractivity contribution in [2.45, 2.75) is 84.1 Å². The monoisotopic (exact) mass is 477 g/mol. The quantitative estimate of drug-likeness (QED) is 0.436. The summed E-state index contributed by atoms with van der Waals surface area (Å²) in [7, 11) is 0. The van der Waals surface area contributed by atoms with Crippen molar-refractivity contribution in [3.8, 4) is 0 Å². The Hall–Kier alpha value is -2.82. The first kappa shape index (κ1) is 25.3. The van der Waals surface area contributed by atoms with Crippen LogP contribution in [-0.4, -0.2) is 35.2 Å². The summed E-state index contributed by atoms with van der Waals surface area (Å²) < 4.78 is 12.1. The molecule has 0 spiro atoms. The van der Waals surface area contributed by atoms with Gasteiger partial charge >= 0.3 is 12.1 Å². The fourth-order valence-corrected chi connectivity index (χ4v) is 5.83. The lowest BCUT2D eigenvalue weighted by molar-refractivity contribution is -0.163. The molecule has 1 saturated heterocycles. The second-order valence-corrected chi connectivity index (χ2v) is 11.2. The molecule has 5 atom stereocenters. The summed E-state index contributed by atoms with van der Waals surface area (Å²) in [6.07, 6.45) is 1.77. The molecule has 0 radical (unpaired) electrons. The van der Waals surface area contributed by atoms with E-state index in [0.29, 0.717) is 12.5 Å². The Morgan fingerprint density at radius 1 is 1.06 bits per heavy atom. The molecule has 1 heterocycles. The summed E-state index contributed by atoms with van der Waals surface area (Å²) in [6, 6.07) is 19.5. The molecule has 2 fully saturated rings. The number of carbonyl (C=O) groups is 2. The van der Waals surface area contributed by atoms with Crippen molar-refractivity contribution in [3.05, 3.63) is 71.8 Å². The smallest absolute Gasteiger partial charge is 0.411 e. The maximum atomic E-state index is 13.8. The largest absolute Gasteiger partial charge is 0.460 e. The Morgan fingerprint density at radius 2 is 1.69 bits per heavy atom. The first-order valence-electron chi connectivity index (χ1n) is 13.0. The number of amides is 1. The third kappa shape index (κ3) is 5.39. The van der Waals surface area contributed by atoms with Gasteiger partial charge < -0.3 is 9.47 Å². The van der Waals surface area contributed by atoms with Gasteiger partial charge in [0.2, 0.25) is 0 Å². The first-order chi connectivity index (χ1) is 16.7. The molecule has 35 heavy (non-hydrogen) atoms. The molecule has 0 bridgehead atoms. The van der Waals surface area contributed by atoms with E-state index >= 15 is 0 Å². The van der Waals surface area contributed by atoms with Crippen LogP contribution in [0, 0.1) is 17.8 Å². The molecule has 0 aromatic heterocycles. The van der Waals surface area contributed by atoms with Gasteiger partial charge in [0, 0.05) is 5.92 Å². The third-order valence-corrected chi connectivity index (χ3v) is 7.98. The summed E-state index contributed by atoms with van der Waals surface area (Å²) in [4.78, 5) is 28.2. The molecule has 0 N–H and O–H groups in total. The summed E-state index contributed by atoms with van der Waals surface area (Å²) in [6.45, 7) is 11.0. The SMILES string of the molecule is CC1CCC(C(C)(C)c2ccccc2)C(OC(=O)C2C(C(C)C)OC(=O)N2Cc2ccccc2)C1. The van der Waals surface area contributed by atoms with E-state index in [1.807, 2.05) is 50.2 Å². The minimum atomic E-state index is -0.750. The van der Waals surface area contributed by atoms with Crippen LogP contribution >= 0.6 is 0 Å². The van der Waals surface area contributed by atoms with E-state index in [4.69, 9.17) is 9.47 Å². The fourth-order valence-electron chi connectivity index (χ4n) is 5.83. The van der Waals surface area contributed by atoms with Gasteiger partial charge in [-0.25, -0.2) is 9.59 Å². The molecule has 2 aromatic rings. The van der Waals surface area contributed by atoms with E-state index in [1.165, 1.54) is 5.56 Å². The molecule has 5 unspecified atom stereocenters. The van der Waals surface area contributed by atoms with Crippen LogP contribution < -0.4 is 0 Å². The third-order valence-electron chi connectivity index (χ3n) is 7.98. The van der Waals surface area contributed by atoms with Crippen LogP contribution in [-0.2, 0) is 26.2 Å². The Labute approximate surface area is 209 Å². The molecule has 4 rings (SSSR count). The molecule has 2 aliphatic rings. The Balaban J connectivity index is 1.59. The molecule has 1 amide bonds. The second kappa shape index (κ2) is 10.4.